The lowest BCUT2D eigenvalue weighted by atomic mass is 9.81. The fraction of sp³-hybridized carbons (Fsp3) is 0. The first-order chi connectivity index (χ1) is 16.7. The summed E-state index contributed by atoms with van der Waals surface area (Å²) < 4.78 is 0. The van der Waals surface area contributed by atoms with Crippen LogP contribution in [0.5, 0.6) is 0 Å². The average Bonchev–Trinajstić information content (AvgIpc) is 2.89. The van der Waals surface area contributed by atoms with Crippen LogP contribution in [0.3, 0.4) is 0 Å². The first-order valence-corrected chi connectivity index (χ1v) is 11.3. The zero-order chi connectivity index (χ0) is 23.1. The number of ketones is 2. The molecule has 0 heterocycles. The van der Waals surface area contributed by atoms with E-state index < -0.39 is 0 Å². The third-order valence-corrected chi connectivity index (χ3v) is 6.37. The molecule has 1 aliphatic rings. The first-order valence-electron chi connectivity index (χ1n) is 11.3. The second-order valence-corrected chi connectivity index (χ2v) is 8.48. The van der Waals surface area contributed by atoms with Crippen molar-refractivity contribution in [2.45, 2.75) is 0 Å². The van der Waals surface area contributed by atoms with Crippen LogP contribution in [-0.4, -0.2) is 11.6 Å². The lowest BCUT2D eigenvalue weighted by Gasteiger charge is -2.21. The number of rotatable bonds is 3. The number of fused-ring (bicyclic) bond motifs is 2. The van der Waals surface area contributed by atoms with E-state index in [2.05, 4.69) is 54.6 Å². The van der Waals surface area contributed by atoms with E-state index in [0.29, 0.717) is 5.57 Å². The van der Waals surface area contributed by atoms with Gasteiger partial charge in [-0.05, 0) is 80.2 Å². The molecular weight excluding hydrogens is 416 g/mol. The molecule has 0 radical (unpaired) electrons. The average molecular weight is 437 g/mol. The van der Waals surface area contributed by atoms with E-state index in [9.17, 15) is 9.59 Å². The van der Waals surface area contributed by atoms with Gasteiger partial charge in [-0.15, -0.1) is 0 Å². The molecule has 0 fully saturated rings. The first kappa shape index (κ1) is 20.1. The van der Waals surface area contributed by atoms with Gasteiger partial charge >= 0.3 is 0 Å². The van der Waals surface area contributed by atoms with Gasteiger partial charge in [0.05, 0.1) is 0 Å². The van der Waals surface area contributed by atoms with Crippen LogP contribution >= 0.6 is 0 Å². The van der Waals surface area contributed by atoms with Crippen LogP contribution in [0.4, 0.5) is 0 Å². The maximum absolute atomic E-state index is 13.2. The molecule has 0 aliphatic heterocycles. The summed E-state index contributed by atoms with van der Waals surface area (Å²) in [5, 5.41) is 4.21. The van der Waals surface area contributed by atoms with Crippen LogP contribution in [-0.2, 0) is 9.59 Å². The zero-order valence-corrected chi connectivity index (χ0v) is 18.4. The Morgan fingerprint density at radius 2 is 1.12 bits per heavy atom. The summed E-state index contributed by atoms with van der Waals surface area (Å²) in [6.07, 6.45) is 4.20. The van der Waals surface area contributed by atoms with Crippen molar-refractivity contribution in [3.63, 3.8) is 0 Å². The second kappa shape index (κ2) is 8.09. The fourth-order valence-electron chi connectivity index (χ4n) is 4.83. The summed E-state index contributed by atoms with van der Waals surface area (Å²) in [6.45, 7) is 0. The standard InChI is InChI=1S/C32H20O2/c33-26-15-16-30(34)29(20-26)32-28-18-24-14-8-7-13-23(24)17-25(28)19-27(21-9-3-1-4-10-21)31(32)22-11-5-2-6-12-22/h1-20H. The van der Waals surface area contributed by atoms with Crippen molar-refractivity contribution in [3.05, 3.63) is 127 Å². The molecule has 2 heteroatoms. The molecule has 6 rings (SSSR count). The van der Waals surface area contributed by atoms with Crippen LogP contribution in [0.25, 0.3) is 49.4 Å². The normalized spacial score (nSPS) is 13.5. The van der Waals surface area contributed by atoms with Crippen LogP contribution in [0.2, 0.25) is 0 Å². The summed E-state index contributed by atoms with van der Waals surface area (Å²) in [4.78, 5) is 25.6. The predicted molar refractivity (Wildman–Crippen MR) is 139 cm³/mol. The minimum Gasteiger partial charge on any atom is -0.290 e. The Bertz CT molecular complexity index is 1660. The third kappa shape index (κ3) is 3.37. The van der Waals surface area contributed by atoms with Crippen LogP contribution in [0.1, 0.15) is 5.56 Å². The Labute approximate surface area is 197 Å². The number of allylic oxidation sites excluding steroid dienone is 4. The van der Waals surface area contributed by atoms with Gasteiger partial charge in [0, 0.05) is 11.1 Å². The van der Waals surface area contributed by atoms with E-state index in [1.165, 1.54) is 18.2 Å². The van der Waals surface area contributed by atoms with Gasteiger partial charge in [0.1, 0.15) is 0 Å². The lowest BCUT2D eigenvalue weighted by Crippen LogP contribution is -2.09. The van der Waals surface area contributed by atoms with Crippen molar-refractivity contribution in [1.82, 2.24) is 0 Å². The molecule has 5 aromatic carbocycles. The van der Waals surface area contributed by atoms with Gasteiger partial charge in [0.2, 0.25) is 0 Å². The molecule has 5 aromatic rings. The molecule has 0 aromatic heterocycles. The summed E-state index contributed by atoms with van der Waals surface area (Å²) in [7, 11) is 0. The molecule has 1 aliphatic carbocycles. The Hall–Kier alpha value is -4.56. The minimum atomic E-state index is -0.173. The third-order valence-electron chi connectivity index (χ3n) is 6.37. The monoisotopic (exact) mass is 436 g/mol. The van der Waals surface area contributed by atoms with Crippen molar-refractivity contribution >= 4 is 38.7 Å². The SMILES string of the molecule is O=C1C=CC(=O)C(c2c(-c3ccccc3)c(-c3ccccc3)cc3cc4ccccc4cc23)=C1. The molecule has 2 nitrogen and oxygen atoms in total. The molecule has 0 spiro atoms. The summed E-state index contributed by atoms with van der Waals surface area (Å²) in [6, 6.07) is 35.0. The van der Waals surface area contributed by atoms with E-state index in [0.717, 1.165) is 49.4 Å². The van der Waals surface area contributed by atoms with E-state index >= 15 is 0 Å². The number of carbonyl (C=O) groups is 2. The van der Waals surface area contributed by atoms with Gasteiger partial charge in [0.15, 0.2) is 11.6 Å². The molecule has 0 amide bonds. The lowest BCUT2D eigenvalue weighted by molar-refractivity contribution is -0.113. The van der Waals surface area contributed by atoms with Crippen LogP contribution < -0.4 is 0 Å². The molecule has 0 atom stereocenters. The molecule has 0 bridgehead atoms. The second-order valence-electron chi connectivity index (χ2n) is 8.48. The molecule has 0 saturated heterocycles. The minimum absolute atomic E-state index is 0.156. The number of benzene rings is 5. The molecule has 0 N–H and O–H groups in total. The van der Waals surface area contributed by atoms with Crippen molar-refractivity contribution in [1.29, 1.82) is 0 Å². The molecule has 0 unspecified atom stereocenters. The molecule has 160 valence electrons. The van der Waals surface area contributed by atoms with Crippen molar-refractivity contribution < 1.29 is 9.59 Å². The zero-order valence-electron chi connectivity index (χ0n) is 18.4. The largest absolute Gasteiger partial charge is 0.290 e. The van der Waals surface area contributed by atoms with Crippen molar-refractivity contribution in [2.24, 2.45) is 0 Å². The predicted octanol–water partition coefficient (Wildman–Crippen LogP) is 7.42. The topological polar surface area (TPSA) is 34.1 Å². The Morgan fingerprint density at radius 3 is 1.82 bits per heavy atom. The summed E-state index contributed by atoms with van der Waals surface area (Å²) in [5.41, 5.74) is 5.28. The number of hydrogen-bond acceptors (Lipinski definition) is 2. The van der Waals surface area contributed by atoms with Gasteiger partial charge in [-0.1, -0.05) is 84.9 Å². The highest BCUT2D eigenvalue weighted by molar-refractivity contribution is 6.37. The van der Waals surface area contributed by atoms with E-state index in [4.69, 9.17) is 0 Å². The van der Waals surface area contributed by atoms with E-state index in [1.54, 1.807) is 0 Å². The fourth-order valence-corrected chi connectivity index (χ4v) is 4.83. The maximum Gasteiger partial charge on any atom is 0.186 e. The van der Waals surface area contributed by atoms with E-state index in [-0.39, 0.29) is 11.6 Å². The van der Waals surface area contributed by atoms with Crippen molar-refractivity contribution in [2.75, 3.05) is 0 Å². The number of carbonyl (C=O) groups excluding carboxylic acids is 2. The van der Waals surface area contributed by atoms with Gasteiger partial charge in [0.25, 0.3) is 0 Å². The Kier molecular flexibility index (Phi) is 4.78. The van der Waals surface area contributed by atoms with Gasteiger partial charge < -0.3 is 0 Å². The Morgan fingerprint density at radius 1 is 0.500 bits per heavy atom. The smallest absolute Gasteiger partial charge is 0.186 e. The van der Waals surface area contributed by atoms with Gasteiger partial charge in [-0.3, -0.25) is 9.59 Å². The van der Waals surface area contributed by atoms with Gasteiger partial charge in [-0.25, -0.2) is 0 Å². The highest BCUT2D eigenvalue weighted by atomic mass is 16.1. The molecule has 34 heavy (non-hydrogen) atoms. The molecule has 0 saturated carbocycles. The maximum atomic E-state index is 13.2. The van der Waals surface area contributed by atoms with Gasteiger partial charge in [-0.2, -0.15) is 0 Å². The summed E-state index contributed by atoms with van der Waals surface area (Å²) >= 11 is 0. The molecular formula is C32H20O2. The summed E-state index contributed by atoms with van der Waals surface area (Å²) in [5.74, 6) is -0.330. The van der Waals surface area contributed by atoms with E-state index in [1.807, 2.05) is 48.5 Å². The quantitative estimate of drug-likeness (QED) is 0.218. The highest BCUT2D eigenvalue weighted by Crippen LogP contribution is 2.44. The number of hydrogen-bond donors (Lipinski definition) is 0. The highest BCUT2D eigenvalue weighted by Gasteiger charge is 2.24. The van der Waals surface area contributed by atoms with Crippen LogP contribution in [0, 0.1) is 0 Å². The Balaban J connectivity index is 1.83. The van der Waals surface area contributed by atoms with Crippen LogP contribution in [0.15, 0.2) is 121 Å². The van der Waals surface area contributed by atoms with Crippen molar-refractivity contribution in [3.8, 4) is 22.3 Å².